The van der Waals surface area contributed by atoms with Crippen LogP contribution < -0.4 is 5.19 Å². The third-order valence-corrected chi connectivity index (χ3v) is 8.01. The Bertz CT molecular complexity index is 1710. The van der Waals surface area contributed by atoms with Crippen molar-refractivity contribution in [2.75, 3.05) is 0 Å². The second kappa shape index (κ2) is 11.3. The fourth-order valence-electron chi connectivity index (χ4n) is 4.01. The number of nitrogens with zero attached hydrogens (tertiary/aromatic N) is 2. The molecule has 0 saturated carbocycles. The molecule has 3 heterocycles. The van der Waals surface area contributed by atoms with Gasteiger partial charge in [-0.2, -0.15) is 0 Å². The molecule has 6 rings (SSSR count). The molecule has 37 heavy (non-hydrogen) atoms. The van der Waals surface area contributed by atoms with Gasteiger partial charge in [0.2, 0.25) is 0 Å². The van der Waals surface area contributed by atoms with E-state index in [1.807, 2.05) is 42.5 Å². The van der Waals surface area contributed by atoms with Gasteiger partial charge < -0.3 is 14.4 Å². The number of furan rings is 1. The molecule has 5 heteroatoms. The summed E-state index contributed by atoms with van der Waals surface area (Å²) in [6.07, 6.45) is 3.19. The minimum atomic E-state index is -2.09. The van der Waals surface area contributed by atoms with Gasteiger partial charge in [0.15, 0.2) is 0 Å². The second-order valence-corrected chi connectivity index (χ2v) is 14.7. The number of aromatic nitrogens is 2. The van der Waals surface area contributed by atoms with Crippen LogP contribution in [0.15, 0.2) is 102 Å². The van der Waals surface area contributed by atoms with Crippen molar-refractivity contribution in [2.24, 2.45) is 0 Å². The molecule has 0 aliphatic rings. The van der Waals surface area contributed by atoms with Crippen LogP contribution in [0.1, 0.15) is 9.68 Å². The number of pyridine rings is 2. The van der Waals surface area contributed by atoms with Gasteiger partial charge in [-0.3, -0.25) is 0 Å². The molecular weight excluding hydrogens is 649 g/mol. The number of hydrogen-bond donors (Lipinski definition) is 0. The Hall–Kier alpha value is -3.37. The van der Waals surface area contributed by atoms with E-state index in [1.54, 1.807) is 24.4 Å². The molecule has 0 saturated heterocycles. The molecule has 0 aliphatic heterocycles. The minimum absolute atomic E-state index is 0. The SMILES string of the molecule is C[Si](C)(C)c1ccc2c(c1)oc1c(-c3ccccn3)[c-]ccc12.[2H]C([2H])([2H])c1ccc(-c2[c-]cccc2)nc1.[Ir]. The van der Waals surface area contributed by atoms with Crippen LogP contribution in [-0.2, 0) is 20.1 Å². The van der Waals surface area contributed by atoms with Crippen LogP contribution in [0.4, 0.5) is 0 Å². The summed E-state index contributed by atoms with van der Waals surface area (Å²) in [4.78, 5) is 8.57. The van der Waals surface area contributed by atoms with Crippen molar-refractivity contribution < 1.29 is 28.6 Å². The number of aryl methyl sites for hydroxylation is 1. The van der Waals surface area contributed by atoms with Crippen molar-refractivity contribution >= 4 is 35.2 Å². The molecule has 0 N–H and O–H groups in total. The van der Waals surface area contributed by atoms with Crippen molar-refractivity contribution in [3.8, 4) is 22.5 Å². The van der Waals surface area contributed by atoms with E-state index in [1.165, 1.54) is 11.4 Å². The third kappa shape index (κ3) is 5.96. The van der Waals surface area contributed by atoms with Crippen LogP contribution >= 0.6 is 0 Å². The van der Waals surface area contributed by atoms with Crippen molar-refractivity contribution in [2.45, 2.75) is 26.5 Å². The molecule has 3 aromatic carbocycles. The maximum absolute atomic E-state index is 7.23. The van der Waals surface area contributed by atoms with Gasteiger partial charge in [-0.15, -0.1) is 54.1 Å². The van der Waals surface area contributed by atoms with E-state index < -0.39 is 14.9 Å². The first-order valence-corrected chi connectivity index (χ1v) is 15.3. The van der Waals surface area contributed by atoms with Crippen LogP contribution in [-0.4, -0.2) is 18.0 Å². The van der Waals surface area contributed by atoms with E-state index in [0.29, 0.717) is 0 Å². The summed E-state index contributed by atoms with van der Waals surface area (Å²) in [5.41, 5.74) is 5.49. The minimum Gasteiger partial charge on any atom is -0.501 e. The van der Waals surface area contributed by atoms with Crippen molar-refractivity contribution in [3.63, 3.8) is 0 Å². The maximum Gasteiger partial charge on any atom is 0.120 e. The quantitative estimate of drug-likeness (QED) is 0.141. The molecule has 187 valence electrons. The Kier molecular flexibility index (Phi) is 6.99. The second-order valence-electron chi connectivity index (χ2n) is 9.58. The van der Waals surface area contributed by atoms with Gasteiger partial charge in [-0.25, -0.2) is 0 Å². The first kappa shape index (κ1) is 22.8. The van der Waals surface area contributed by atoms with Gasteiger partial charge in [-0.05, 0) is 35.9 Å². The number of rotatable bonds is 3. The first-order valence-electron chi connectivity index (χ1n) is 13.3. The molecule has 0 spiro atoms. The average Bonchev–Trinajstić information content (AvgIpc) is 3.32. The normalized spacial score (nSPS) is 12.6. The Labute approximate surface area is 237 Å². The van der Waals surface area contributed by atoms with Crippen LogP contribution in [0.3, 0.4) is 0 Å². The summed E-state index contributed by atoms with van der Waals surface area (Å²) in [5.74, 6) is 0. The van der Waals surface area contributed by atoms with E-state index in [-0.39, 0.29) is 25.7 Å². The largest absolute Gasteiger partial charge is 0.501 e. The third-order valence-electron chi connectivity index (χ3n) is 5.97. The van der Waals surface area contributed by atoms with Crippen LogP contribution in [0.5, 0.6) is 0 Å². The molecule has 0 amide bonds. The van der Waals surface area contributed by atoms with E-state index in [0.717, 1.165) is 44.5 Å². The molecule has 0 fully saturated rings. The molecule has 3 aromatic heterocycles. The monoisotopic (exact) mass is 680 g/mol. The van der Waals surface area contributed by atoms with Crippen LogP contribution in [0, 0.1) is 19.0 Å². The predicted molar refractivity (Wildman–Crippen MR) is 152 cm³/mol. The van der Waals surface area contributed by atoms with E-state index in [2.05, 4.69) is 66.0 Å². The molecule has 6 aromatic rings. The maximum atomic E-state index is 7.23. The molecule has 1 radical (unpaired) electrons. The fourth-order valence-corrected chi connectivity index (χ4v) is 5.16. The molecule has 0 unspecified atom stereocenters. The first-order chi connectivity index (χ1) is 18.6. The number of hydrogen-bond acceptors (Lipinski definition) is 3. The van der Waals surface area contributed by atoms with Crippen LogP contribution in [0.25, 0.3) is 44.5 Å². The zero-order chi connectivity index (χ0) is 27.6. The van der Waals surface area contributed by atoms with E-state index in [4.69, 9.17) is 8.53 Å². The fraction of sp³-hybridized carbons (Fsp3) is 0.125. The Balaban J connectivity index is 0.000000192. The van der Waals surface area contributed by atoms with Gasteiger partial charge in [0.25, 0.3) is 0 Å². The smallest absolute Gasteiger partial charge is 0.120 e. The number of fused-ring (bicyclic) bond motifs is 3. The molecule has 0 bridgehead atoms. The summed E-state index contributed by atoms with van der Waals surface area (Å²) in [7, 11) is -1.36. The zero-order valence-electron chi connectivity index (χ0n) is 23.9. The summed E-state index contributed by atoms with van der Waals surface area (Å²) < 4.78 is 27.9. The summed E-state index contributed by atoms with van der Waals surface area (Å²) in [6.45, 7) is 4.96. The molecule has 3 nitrogen and oxygen atoms in total. The molecular formula is C32H28IrN2OSi-2. The van der Waals surface area contributed by atoms with Gasteiger partial charge in [0.05, 0.1) is 13.7 Å². The standard InChI is InChI=1S/C20H18NOSi.C12H10N.Ir/c1-23(2,3)14-10-11-15-16-7-6-8-17(18-9-4-5-12-21-18)20(16)22-19(15)13-14;1-10-7-8-12(13-9-10)11-5-3-2-4-6-11;/h4-7,9-13H,1-3H3;2-5,7-9H,1H3;/q2*-1;/i;1D3;. The summed E-state index contributed by atoms with van der Waals surface area (Å²) in [6, 6.07) is 33.6. The average molecular weight is 680 g/mol. The van der Waals surface area contributed by atoms with Crippen molar-refractivity contribution in [1.29, 1.82) is 0 Å². The Morgan fingerprint density at radius 3 is 2.35 bits per heavy atom. The zero-order valence-corrected chi connectivity index (χ0v) is 24.3. The van der Waals surface area contributed by atoms with E-state index in [9.17, 15) is 0 Å². The van der Waals surface area contributed by atoms with Gasteiger partial charge in [0.1, 0.15) is 5.58 Å². The van der Waals surface area contributed by atoms with Gasteiger partial charge >= 0.3 is 0 Å². The summed E-state index contributed by atoms with van der Waals surface area (Å²) in [5, 5.41) is 3.70. The topological polar surface area (TPSA) is 38.9 Å². The summed E-state index contributed by atoms with van der Waals surface area (Å²) >= 11 is 0. The van der Waals surface area contributed by atoms with Gasteiger partial charge in [0, 0.05) is 42.0 Å². The Morgan fingerprint density at radius 2 is 1.68 bits per heavy atom. The van der Waals surface area contributed by atoms with Crippen molar-refractivity contribution in [3.05, 3.63) is 115 Å². The predicted octanol–water partition coefficient (Wildman–Crippen LogP) is 7.85. The molecule has 0 atom stereocenters. The Morgan fingerprint density at radius 1 is 0.811 bits per heavy atom. The number of benzene rings is 3. The van der Waals surface area contributed by atoms with Crippen molar-refractivity contribution in [1.82, 2.24) is 9.97 Å². The molecule has 0 aliphatic carbocycles. The van der Waals surface area contributed by atoms with Crippen LogP contribution in [0.2, 0.25) is 19.6 Å². The van der Waals surface area contributed by atoms with E-state index >= 15 is 0 Å². The van der Waals surface area contributed by atoms with Gasteiger partial charge in [-0.1, -0.05) is 72.2 Å².